The van der Waals surface area contributed by atoms with Gasteiger partial charge in [-0.25, -0.2) is 0 Å². The van der Waals surface area contributed by atoms with E-state index in [0.29, 0.717) is 23.7 Å². The Bertz CT molecular complexity index is 1040. The molecule has 1 fully saturated rings. The number of carbonyl (C=O) groups is 1. The fourth-order valence-corrected chi connectivity index (χ4v) is 3.85. The van der Waals surface area contributed by atoms with Gasteiger partial charge in [0.1, 0.15) is 12.3 Å². The van der Waals surface area contributed by atoms with Crippen LogP contribution in [0.2, 0.25) is 0 Å². The van der Waals surface area contributed by atoms with E-state index in [1.54, 1.807) is 11.7 Å². The first-order chi connectivity index (χ1) is 14.6. The highest BCUT2D eigenvalue weighted by Gasteiger charge is 2.22. The van der Waals surface area contributed by atoms with Crippen LogP contribution in [-0.4, -0.2) is 63.8 Å². The summed E-state index contributed by atoms with van der Waals surface area (Å²) >= 11 is 5.37. The number of benzene rings is 2. The van der Waals surface area contributed by atoms with E-state index in [-0.39, 0.29) is 12.5 Å². The maximum atomic E-state index is 12.9. The van der Waals surface area contributed by atoms with E-state index in [9.17, 15) is 4.79 Å². The molecule has 2 heterocycles. The number of ether oxygens (including phenoxy) is 1. The highest BCUT2D eigenvalue weighted by atomic mass is 32.1. The molecular weight excluding hydrogens is 398 g/mol. The van der Waals surface area contributed by atoms with Crippen molar-refractivity contribution in [2.45, 2.75) is 13.1 Å². The zero-order chi connectivity index (χ0) is 20.9. The normalized spacial score (nSPS) is 14.6. The number of amides is 1. The Labute approximate surface area is 180 Å². The Morgan fingerprint density at radius 2 is 1.77 bits per heavy atom. The molecule has 1 N–H and O–H groups in total. The lowest BCUT2D eigenvalue weighted by Crippen LogP contribution is -2.49. The Morgan fingerprint density at radius 1 is 1.07 bits per heavy atom. The molecule has 1 aliphatic rings. The van der Waals surface area contributed by atoms with Crippen molar-refractivity contribution in [3.8, 4) is 17.1 Å². The van der Waals surface area contributed by atoms with E-state index < -0.39 is 0 Å². The zero-order valence-electron chi connectivity index (χ0n) is 17.0. The standard InChI is InChI=1S/C22H25N5O2S/c1-29-19-9-7-18(8-10-19)21-23-24-22(30)27(21)16-20(28)26-13-11-25(12-14-26)15-17-5-3-2-4-6-17/h2-10H,11-16H2,1H3,(H,24,30). The molecule has 8 heteroatoms. The van der Waals surface area contributed by atoms with Gasteiger partial charge in [-0.05, 0) is 42.0 Å². The SMILES string of the molecule is COc1ccc(-c2n[nH]c(=S)n2CC(=O)N2CCN(Cc3ccccc3)CC2)cc1. The molecule has 0 saturated carbocycles. The second-order valence-corrected chi connectivity index (χ2v) is 7.70. The van der Waals surface area contributed by atoms with Crippen LogP contribution in [0.25, 0.3) is 11.4 Å². The van der Waals surface area contributed by atoms with Crippen molar-refractivity contribution in [1.82, 2.24) is 24.6 Å². The number of nitrogens with one attached hydrogen (secondary N) is 1. The van der Waals surface area contributed by atoms with Gasteiger partial charge in [0.25, 0.3) is 0 Å². The first-order valence-corrected chi connectivity index (χ1v) is 10.4. The minimum atomic E-state index is 0.0571. The maximum absolute atomic E-state index is 12.9. The van der Waals surface area contributed by atoms with Crippen LogP contribution in [-0.2, 0) is 17.9 Å². The number of aromatic nitrogens is 3. The van der Waals surface area contributed by atoms with Gasteiger partial charge < -0.3 is 9.64 Å². The Morgan fingerprint density at radius 3 is 2.43 bits per heavy atom. The second kappa shape index (κ2) is 9.23. The van der Waals surface area contributed by atoms with Crippen LogP contribution < -0.4 is 4.74 Å². The van der Waals surface area contributed by atoms with Crippen molar-refractivity contribution in [2.75, 3.05) is 33.3 Å². The van der Waals surface area contributed by atoms with Crippen LogP contribution in [0.3, 0.4) is 0 Å². The molecule has 0 spiro atoms. The third-order valence-corrected chi connectivity index (χ3v) is 5.69. The van der Waals surface area contributed by atoms with Gasteiger partial charge in [-0.1, -0.05) is 30.3 Å². The van der Waals surface area contributed by atoms with Gasteiger partial charge in [0, 0.05) is 38.3 Å². The summed E-state index contributed by atoms with van der Waals surface area (Å²) in [5, 5.41) is 7.14. The molecule has 0 atom stereocenters. The van der Waals surface area contributed by atoms with Crippen LogP contribution in [0.5, 0.6) is 5.75 Å². The summed E-state index contributed by atoms with van der Waals surface area (Å²) < 4.78 is 7.41. The average molecular weight is 424 g/mol. The smallest absolute Gasteiger partial charge is 0.242 e. The minimum absolute atomic E-state index is 0.0571. The average Bonchev–Trinajstić information content (AvgIpc) is 3.15. The van der Waals surface area contributed by atoms with Gasteiger partial charge in [0.05, 0.1) is 7.11 Å². The first-order valence-electron chi connectivity index (χ1n) is 9.98. The van der Waals surface area contributed by atoms with Crippen LogP contribution in [0.1, 0.15) is 5.56 Å². The molecule has 0 radical (unpaired) electrons. The predicted molar refractivity (Wildman–Crippen MR) is 118 cm³/mol. The third-order valence-electron chi connectivity index (χ3n) is 5.37. The molecule has 3 aromatic rings. The molecule has 0 aliphatic carbocycles. The Balaban J connectivity index is 1.39. The molecule has 0 bridgehead atoms. The summed E-state index contributed by atoms with van der Waals surface area (Å²) in [6.07, 6.45) is 0. The van der Waals surface area contributed by atoms with Crippen molar-refractivity contribution >= 4 is 18.1 Å². The number of aromatic amines is 1. The highest BCUT2D eigenvalue weighted by molar-refractivity contribution is 7.71. The van der Waals surface area contributed by atoms with Crippen LogP contribution in [0.4, 0.5) is 0 Å². The van der Waals surface area contributed by atoms with Gasteiger partial charge in [-0.3, -0.25) is 19.4 Å². The molecule has 30 heavy (non-hydrogen) atoms. The number of H-pyrrole nitrogens is 1. The highest BCUT2D eigenvalue weighted by Crippen LogP contribution is 2.21. The number of rotatable bonds is 6. The summed E-state index contributed by atoms with van der Waals surface area (Å²) in [6, 6.07) is 18.0. The van der Waals surface area contributed by atoms with E-state index >= 15 is 0 Å². The second-order valence-electron chi connectivity index (χ2n) is 7.31. The van der Waals surface area contributed by atoms with Gasteiger partial charge in [0.2, 0.25) is 5.91 Å². The molecule has 4 rings (SSSR count). The monoisotopic (exact) mass is 423 g/mol. The zero-order valence-corrected chi connectivity index (χ0v) is 17.8. The summed E-state index contributed by atoms with van der Waals surface area (Å²) in [5.74, 6) is 1.48. The largest absolute Gasteiger partial charge is 0.497 e. The molecule has 0 unspecified atom stereocenters. The van der Waals surface area contributed by atoms with Gasteiger partial charge in [0.15, 0.2) is 10.6 Å². The van der Waals surface area contributed by atoms with E-state index in [0.717, 1.165) is 30.9 Å². The van der Waals surface area contributed by atoms with Gasteiger partial charge in [-0.15, -0.1) is 0 Å². The summed E-state index contributed by atoms with van der Waals surface area (Å²) in [5.41, 5.74) is 2.18. The van der Waals surface area contributed by atoms with Crippen molar-refractivity contribution in [2.24, 2.45) is 0 Å². The molecule has 1 amide bonds. The Hall–Kier alpha value is -2.97. The van der Waals surface area contributed by atoms with Crippen molar-refractivity contribution in [3.63, 3.8) is 0 Å². The van der Waals surface area contributed by atoms with E-state index in [4.69, 9.17) is 17.0 Å². The van der Waals surface area contributed by atoms with Crippen LogP contribution in [0.15, 0.2) is 54.6 Å². The molecule has 1 aromatic heterocycles. The summed E-state index contributed by atoms with van der Waals surface area (Å²) in [6.45, 7) is 4.25. The number of hydrogen-bond acceptors (Lipinski definition) is 5. The lowest BCUT2D eigenvalue weighted by Gasteiger charge is -2.34. The van der Waals surface area contributed by atoms with Gasteiger partial charge in [-0.2, -0.15) is 5.10 Å². The lowest BCUT2D eigenvalue weighted by atomic mass is 10.2. The maximum Gasteiger partial charge on any atom is 0.242 e. The number of piperazine rings is 1. The fraction of sp³-hybridized carbons (Fsp3) is 0.318. The molecule has 7 nitrogen and oxygen atoms in total. The van der Waals surface area contributed by atoms with Crippen LogP contribution in [0, 0.1) is 4.77 Å². The predicted octanol–water partition coefficient (Wildman–Crippen LogP) is 2.96. The third kappa shape index (κ3) is 4.60. The minimum Gasteiger partial charge on any atom is -0.497 e. The van der Waals surface area contributed by atoms with E-state index in [2.05, 4.69) is 39.4 Å². The van der Waals surface area contributed by atoms with E-state index in [1.807, 2.05) is 35.2 Å². The first kappa shape index (κ1) is 20.3. The van der Waals surface area contributed by atoms with Crippen LogP contribution >= 0.6 is 12.2 Å². The number of hydrogen-bond donors (Lipinski definition) is 1. The number of methoxy groups -OCH3 is 1. The van der Waals surface area contributed by atoms with Crippen molar-refractivity contribution in [1.29, 1.82) is 0 Å². The fourth-order valence-electron chi connectivity index (χ4n) is 3.66. The lowest BCUT2D eigenvalue weighted by molar-refractivity contribution is -0.133. The van der Waals surface area contributed by atoms with Gasteiger partial charge >= 0.3 is 0 Å². The summed E-state index contributed by atoms with van der Waals surface area (Å²) in [7, 11) is 1.63. The Kier molecular flexibility index (Phi) is 6.25. The van der Waals surface area contributed by atoms with Crippen molar-refractivity contribution in [3.05, 3.63) is 64.9 Å². The molecule has 2 aromatic carbocycles. The van der Waals surface area contributed by atoms with E-state index in [1.165, 1.54) is 5.56 Å². The molecular formula is C22H25N5O2S. The number of carbonyl (C=O) groups excluding carboxylic acids is 1. The van der Waals surface area contributed by atoms with Crippen molar-refractivity contribution < 1.29 is 9.53 Å². The molecule has 1 saturated heterocycles. The summed E-state index contributed by atoms with van der Waals surface area (Å²) in [4.78, 5) is 17.2. The topological polar surface area (TPSA) is 66.4 Å². The quantitative estimate of drug-likeness (QED) is 0.618. The molecule has 1 aliphatic heterocycles. The number of nitrogens with zero attached hydrogens (tertiary/aromatic N) is 4. The molecule has 156 valence electrons.